The number of thiocarbonyl (C=S) groups is 1. The lowest BCUT2D eigenvalue weighted by atomic mass is 10.1. The van der Waals surface area contributed by atoms with Gasteiger partial charge in [0.2, 0.25) is 0 Å². The number of benzene rings is 2. The Morgan fingerprint density at radius 2 is 1.71 bits per heavy atom. The molecule has 2 aromatic carbocycles. The van der Waals surface area contributed by atoms with E-state index in [0.29, 0.717) is 48.1 Å². The van der Waals surface area contributed by atoms with Crippen LogP contribution in [0.1, 0.15) is 20.7 Å². The van der Waals surface area contributed by atoms with Crippen LogP contribution < -0.4 is 10.6 Å². The standard InChI is InChI=1S/C19H17BrClN3O3S/c20-14-4-1-12(2-5-14)17(25)23-19(28)22-16-11-13(3-6-15(16)21)18(26)24-7-9-27-10-8-24/h1-6,11H,7-10H2,(H2,22,23,25,28). The van der Waals surface area contributed by atoms with Gasteiger partial charge in [-0.25, -0.2) is 0 Å². The molecular weight excluding hydrogens is 466 g/mol. The van der Waals surface area contributed by atoms with Gasteiger partial charge in [-0.15, -0.1) is 0 Å². The highest BCUT2D eigenvalue weighted by atomic mass is 79.9. The molecule has 6 nitrogen and oxygen atoms in total. The maximum Gasteiger partial charge on any atom is 0.257 e. The van der Waals surface area contributed by atoms with Crippen molar-refractivity contribution in [2.24, 2.45) is 0 Å². The Morgan fingerprint density at radius 3 is 2.39 bits per heavy atom. The molecular formula is C19H17BrClN3O3S. The van der Waals surface area contributed by atoms with E-state index in [2.05, 4.69) is 26.6 Å². The molecule has 0 spiro atoms. The third-order valence-electron chi connectivity index (χ3n) is 4.09. The van der Waals surface area contributed by atoms with Crippen LogP contribution in [0.15, 0.2) is 46.9 Å². The third kappa shape index (κ3) is 5.29. The zero-order valence-electron chi connectivity index (χ0n) is 14.7. The van der Waals surface area contributed by atoms with Gasteiger partial charge in [0.15, 0.2) is 5.11 Å². The van der Waals surface area contributed by atoms with Gasteiger partial charge in [-0.2, -0.15) is 0 Å². The smallest absolute Gasteiger partial charge is 0.257 e. The van der Waals surface area contributed by atoms with Crippen LogP contribution >= 0.6 is 39.7 Å². The second kappa shape index (κ2) is 9.47. The van der Waals surface area contributed by atoms with E-state index in [1.54, 1.807) is 47.4 Å². The molecule has 28 heavy (non-hydrogen) atoms. The van der Waals surface area contributed by atoms with E-state index in [9.17, 15) is 9.59 Å². The molecule has 1 aliphatic rings. The Labute approximate surface area is 181 Å². The Balaban J connectivity index is 1.67. The number of carbonyl (C=O) groups is 2. The van der Waals surface area contributed by atoms with Gasteiger partial charge in [0.05, 0.1) is 23.9 Å². The van der Waals surface area contributed by atoms with Gasteiger partial charge in [0.1, 0.15) is 0 Å². The first-order chi connectivity index (χ1) is 13.4. The number of hydrogen-bond acceptors (Lipinski definition) is 4. The third-order valence-corrected chi connectivity index (χ3v) is 5.16. The Morgan fingerprint density at radius 1 is 1.07 bits per heavy atom. The normalized spacial score (nSPS) is 13.7. The molecule has 0 saturated carbocycles. The van der Waals surface area contributed by atoms with Crippen LogP contribution in [0.25, 0.3) is 0 Å². The molecule has 1 fully saturated rings. The average Bonchev–Trinajstić information content (AvgIpc) is 2.70. The first-order valence-corrected chi connectivity index (χ1v) is 10.1. The molecule has 0 unspecified atom stereocenters. The summed E-state index contributed by atoms with van der Waals surface area (Å²) < 4.78 is 6.15. The molecule has 0 bridgehead atoms. The van der Waals surface area contributed by atoms with E-state index in [1.807, 2.05) is 0 Å². The van der Waals surface area contributed by atoms with Crippen molar-refractivity contribution in [1.29, 1.82) is 0 Å². The SMILES string of the molecule is O=C(NC(=S)Nc1cc(C(=O)N2CCOCC2)ccc1Cl)c1ccc(Br)cc1. The van der Waals surface area contributed by atoms with E-state index in [4.69, 9.17) is 28.6 Å². The fourth-order valence-electron chi connectivity index (χ4n) is 2.63. The van der Waals surface area contributed by atoms with Gasteiger partial charge in [0, 0.05) is 28.7 Å². The number of halogens is 2. The van der Waals surface area contributed by atoms with E-state index in [1.165, 1.54) is 0 Å². The summed E-state index contributed by atoms with van der Waals surface area (Å²) in [4.78, 5) is 26.6. The van der Waals surface area contributed by atoms with Crippen molar-refractivity contribution < 1.29 is 14.3 Å². The van der Waals surface area contributed by atoms with Crippen LogP contribution in [0.3, 0.4) is 0 Å². The summed E-state index contributed by atoms with van der Waals surface area (Å²) in [5.41, 5.74) is 1.40. The molecule has 0 radical (unpaired) electrons. The summed E-state index contributed by atoms with van der Waals surface area (Å²) in [6.07, 6.45) is 0. The molecule has 2 amide bonds. The number of amides is 2. The van der Waals surface area contributed by atoms with Gasteiger partial charge >= 0.3 is 0 Å². The minimum absolute atomic E-state index is 0.0887. The van der Waals surface area contributed by atoms with E-state index in [-0.39, 0.29) is 16.9 Å². The lowest BCUT2D eigenvalue weighted by Crippen LogP contribution is -2.40. The largest absolute Gasteiger partial charge is 0.378 e. The van der Waals surface area contributed by atoms with Crippen molar-refractivity contribution >= 4 is 62.4 Å². The lowest BCUT2D eigenvalue weighted by molar-refractivity contribution is 0.0303. The van der Waals surface area contributed by atoms with E-state index in [0.717, 1.165) is 4.47 Å². The zero-order valence-corrected chi connectivity index (χ0v) is 17.9. The number of nitrogens with zero attached hydrogens (tertiary/aromatic N) is 1. The van der Waals surface area contributed by atoms with Crippen molar-refractivity contribution in [1.82, 2.24) is 10.2 Å². The van der Waals surface area contributed by atoms with Crippen LogP contribution in [0.2, 0.25) is 5.02 Å². The molecule has 1 saturated heterocycles. The summed E-state index contributed by atoms with van der Waals surface area (Å²) in [6.45, 7) is 2.14. The van der Waals surface area contributed by atoms with E-state index < -0.39 is 0 Å². The Kier molecular flexibility index (Phi) is 7.01. The van der Waals surface area contributed by atoms with Gasteiger partial charge < -0.3 is 15.0 Å². The van der Waals surface area contributed by atoms with E-state index >= 15 is 0 Å². The number of hydrogen-bond donors (Lipinski definition) is 2. The first kappa shape index (κ1) is 20.7. The lowest BCUT2D eigenvalue weighted by Gasteiger charge is -2.27. The first-order valence-electron chi connectivity index (χ1n) is 8.48. The van der Waals surface area contributed by atoms with Crippen molar-refractivity contribution in [2.75, 3.05) is 31.6 Å². The number of anilines is 1. The molecule has 0 aliphatic carbocycles. The van der Waals surface area contributed by atoms with Crippen LogP contribution in [-0.2, 0) is 4.74 Å². The minimum atomic E-state index is -0.346. The Hall–Kier alpha value is -2.00. The van der Waals surface area contributed by atoms with Crippen molar-refractivity contribution in [3.05, 3.63) is 63.1 Å². The van der Waals surface area contributed by atoms with Crippen molar-refractivity contribution in [2.45, 2.75) is 0 Å². The maximum absolute atomic E-state index is 12.6. The predicted octanol–water partition coefficient (Wildman–Crippen LogP) is 3.70. The average molecular weight is 483 g/mol. The summed E-state index contributed by atoms with van der Waals surface area (Å²) in [5, 5.41) is 5.96. The maximum atomic E-state index is 12.6. The Bertz CT molecular complexity index is 902. The molecule has 9 heteroatoms. The highest BCUT2D eigenvalue weighted by molar-refractivity contribution is 9.10. The number of carbonyl (C=O) groups excluding carboxylic acids is 2. The number of nitrogens with one attached hydrogen (secondary N) is 2. The fraction of sp³-hybridized carbons (Fsp3) is 0.211. The predicted molar refractivity (Wildman–Crippen MR) is 116 cm³/mol. The minimum Gasteiger partial charge on any atom is -0.378 e. The van der Waals surface area contributed by atoms with Gasteiger partial charge in [-0.1, -0.05) is 27.5 Å². The highest BCUT2D eigenvalue weighted by Gasteiger charge is 2.19. The molecule has 1 heterocycles. The summed E-state index contributed by atoms with van der Waals surface area (Å²) in [6, 6.07) is 11.8. The van der Waals surface area contributed by atoms with Crippen LogP contribution in [-0.4, -0.2) is 48.1 Å². The quantitative estimate of drug-likeness (QED) is 0.653. The summed E-state index contributed by atoms with van der Waals surface area (Å²) >= 11 is 14.7. The topological polar surface area (TPSA) is 70.7 Å². The molecule has 2 aromatic rings. The number of rotatable bonds is 3. The number of morpholine rings is 1. The molecule has 2 N–H and O–H groups in total. The summed E-state index contributed by atoms with van der Waals surface area (Å²) in [5.74, 6) is -0.450. The molecule has 0 aromatic heterocycles. The van der Waals surface area contributed by atoms with Gasteiger partial charge in [-0.05, 0) is 54.7 Å². The second-order valence-corrected chi connectivity index (χ2v) is 7.75. The molecule has 146 valence electrons. The second-order valence-electron chi connectivity index (χ2n) is 6.01. The highest BCUT2D eigenvalue weighted by Crippen LogP contribution is 2.24. The van der Waals surface area contributed by atoms with Gasteiger partial charge in [-0.3, -0.25) is 14.9 Å². The van der Waals surface area contributed by atoms with Crippen molar-refractivity contribution in [3.8, 4) is 0 Å². The fourth-order valence-corrected chi connectivity index (χ4v) is 3.27. The molecule has 1 aliphatic heterocycles. The van der Waals surface area contributed by atoms with Crippen LogP contribution in [0.4, 0.5) is 5.69 Å². The summed E-state index contributed by atoms with van der Waals surface area (Å²) in [7, 11) is 0. The van der Waals surface area contributed by atoms with Crippen LogP contribution in [0.5, 0.6) is 0 Å². The zero-order chi connectivity index (χ0) is 20.1. The monoisotopic (exact) mass is 481 g/mol. The van der Waals surface area contributed by atoms with Crippen molar-refractivity contribution in [3.63, 3.8) is 0 Å². The molecule has 3 rings (SSSR count). The van der Waals surface area contributed by atoms with Gasteiger partial charge in [0.25, 0.3) is 11.8 Å². The number of ether oxygens (including phenoxy) is 1. The molecule has 0 atom stereocenters. The van der Waals surface area contributed by atoms with Crippen LogP contribution in [0, 0.1) is 0 Å².